The Morgan fingerprint density at radius 2 is 2.14 bits per heavy atom. The van der Waals surface area contributed by atoms with Crippen LogP contribution in [0.25, 0.3) is 10.9 Å². The average molecular weight is 293 g/mol. The lowest BCUT2D eigenvalue weighted by atomic mass is 9.97. The number of benzene rings is 1. The highest BCUT2D eigenvalue weighted by Gasteiger charge is 2.26. The highest BCUT2D eigenvalue weighted by Crippen LogP contribution is 2.34. The Hall–Kier alpha value is -2.33. The van der Waals surface area contributed by atoms with Crippen LogP contribution in [0.4, 0.5) is 0 Å². The fraction of sp³-hybridized carbons (Fsp3) is 0.278. The predicted molar refractivity (Wildman–Crippen MR) is 87.4 cm³/mol. The van der Waals surface area contributed by atoms with Gasteiger partial charge in [0.25, 0.3) is 0 Å². The molecule has 2 N–H and O–H groups in total. The monoisotopic (exact) mass is 293 g/mol. The minimum atomic E-state index is 0.127. The first kappa shape index (κ1) is 13.3. The molecule has 3 aromatic rings. The second-order valence-corrected chi connectivity index (χ2v) is 5.77. The topological polar surface area (TPSA) is 49.9 Å². The summed E-state index contributed by atoms with van der Waals surface area (Å²) in [6.07, 6.45) is 1.02. The van der Waals surface area contributed by atoms with Crippen molar-refractivity contribution in [1.29, 1.82) is 0 Å². The molecule has 0 radical (unpaired) electrons. The molecule has 4 heteroatoms. The molecule has 0 bridgehead atoms. The maximum Gasteiger partial charge on any atom is 0.119 e. The van der Waals surface area contributed by atoms with E-state index in [1.807, 2.05) is 19.1 Å². The second-order valence-electron chi connectivity index (χ2n) is 5.77. The molecule has 22 heavy (non-hydrogen) atoms. The van der Waals surface area contributed by atoms with Crippen molar-refractivity contribution in [2.45, 2.75) is 19.4 Å². The van der Waals surface area contributed by atoms with E-state index in [4.69, 9.17) is 9.72 Å². The molecule has 0 amide bonds. The molecule has 2 aromatic heterocycles. The minimum absolute atomic E-state index is 0.127. The van der Waals surface area contributed by atoms with Crippen molar-refractivity contribution in [2.24, 2.45) is 0 Å². The SMILES string of the molecule is COc1ccc2[nH]c3c(c2c1)CCNC3c1cccc(C)n1. The highest BCUT2D eigenvalue weighted by atomic mass is 16.5. The minimum Gasteiger partial charge on any atom is -0.497 e. The van der Waals surface area contributed by atoms with E-state index >= 15 is 0 Å². The van der Waals surface area contributed by atoms with Crippen LogP contribution in [0.15, 0.2) is 36.4 Å². The first-order chi connectivity index (χ1) is 10.8. The van der Waals surface area contributed by atoms with E-state index in [1.165, 1.54) is 16.6 Å². The van der Waals surface area contributed by atoms with Crippen LogP contribution in [0.1, 0.15) is 28.7 Å². The Labute approximate surface area is 129 Å². The van der Waals surface area contributed by atoms with Gasteiger partial charge in [-0.15, -0.1) is 0 Å². The summed E-state index contributed by atoms with van der Waals surface area (Å²) in [6.45, 7) is 2.99. The number of methoxy groups -OCH3 is 1. The average Bonchev–Trinajstić information content (AvgIpc) is 2.92. The fourth-order valence-corrected chi connectivity index (χ4v) is 3.31. The number of hydrogen-bond acceptors (Lipinski definition) is 3. The van der Waals surface area contributed by atoms with E-state index in [1.54, 1.807) is 7.11 Å². The van der Waals surface area contributed by atoms with Gasteiger partial charge in [-0.25, -0.2) is 0 Å². The highest BCUT2D eigenvalue weighted by molar-refractivity contribution is 5.86. The van der Waals surface area contributed by atoms with Crippen LogP contribution in [0.5, 0.6) is 5.75 Å². The standard InChI is InChI=1S/C18H19N3O/c1-11-4-3-5-16(20-11)18-17-13(8-9-19-18)14-10-12(22-2)6-7-15(14)21-17/h3-7,10,18-19,21H,8-9H2,1-2H3. The van der Waals surface area contributed by atoms with Gasteiger partial charge in [-0.1, -0.05) is 6.07 Å². The lowest BCUT2D eigenvalue weighted by Crippen LogP contribution is -2.31. The van der Waals surface area contributed by atoms with E-state index in [9.17, 15) is 0 Å². The molecule has 1 unspecified atom stereocenters. The Kier molecular flexibility index (Phi) is 3.12. The molecule has 3 heterocycles. The van der Waals surface area contributed by atoms with Crippen molar-refractivity contribution in [3.63, 3.8) is 0 Å². The molecular formula is C18H19N3O. The van der Waals surface area contributed by atoms with Gasteiger partial charge >= 0.3 is 0 Å². The molecule has 1 aliphatic rings. The first-order valence-electron chi connectivity index (χ1n) is 7.61. The number of pyridine rings is 1. The van der Waals surface area contributed by atoms with E-state index in [0.717, 1.165) is 35.6 Å². The van der Waals surface area contributed by atoms with Crippen LogP contribution in [0.3, 0.4) is 0 Å². The maximum absolute atomic E-state index is 5.37. The van der Waals surface area contributed by atoms with Crippen LogP contribution < -0.4 is 10.1 Å². The second kappa shape index (κ2) is 5.14. The number of ether oxygens (including phenoxy) is 1. The van der Waals surface area contributed by atoms with Crippen molar-refractivity contribution < 1.29 is 4.74 Å². The predicted octanol–water partition coefficient (Wildman–Crippen LogP) is 3.12. The summed E-state index contributed by atoms with van der Waals surface area (Å²) >= 11 is 0. The molecule has 0 saturated heterocycles. The zero-order chi connectivity index (χ0) is 15.1. The molecule has 0 saturated carbocycles. The van der Waals surface area contributed by atoms with Gasteiger partial charge in [-0.3, -0.25) is 4.98 Å². The van der Waals surface area contributed by atoms with Crippen molar-refractivity contribution in [2.75, 3.05) is 13.7 Å². The van der Waals surface area contributed by atoms with Gasteiger partial charge < -0.3 is 15.0 Å². The Morgan fingerprint density at radius 1 is 1.23 bits per heavy atom. The third-order valence-electron chi connectivity index (χ3n) is 4.36. The molecule has 0 spiro atoms. The van der Waals surface area contributed by atoms with Crippen molar-refractivity contribution >= 4 is 10.9 Å². The number of nitrogens with one attached hydrogen (secondary N) is 2. The van der Waals surface area contributed by atoms with E-state index in [0.29, 0.717) is 0 Å². The summed E-state index contributed by atoms with van der Waals surface area (Å²) in [5.74, 6) is 0.901. The summed E-state index contributed by atoms with van der Waals surface area (Å²) < 4.78 is 5.37. The van der Waals surface area contributed by atoms with Gasteiger partial charge in [-0.2, -0.15) is 0 Å². The third kappa shape index (κ3) is 2.07. The molecular weight excluding hydrogens is 274 g/mol. The van der Waals surface area contributed by atoms with Gasteiger partial charge in [-0.05, 0) is 49.2 Å². The number of aromatic nitrogens is 2. The Bertz CT molecular complexity index is 837. The molecule has 112 valence electrons. The van der Waals surface area contributed by atoms with Crippen molar-refractivity contribution in [3.8, 4) is 5.75 Å². The summed E-state index contributed by atoms with van der Waals surface area (Å²) in [5.41, 5.74) is 5.88. The van der Waals surface area contributed by atoms with E-state index in [-0.39, 0.29) is 6.04 Å². The Balaban J connectivity index is 1.87. The molecule has 0 fully saturated rings. The van der Waals surface area contributed by atoms with Gasteiger partial charge in [0.05, 0.1) is 18.8 Å². The van der Waals surface area contributed by atoms with Gasteiger partial charge in [0.2, 0.25) is 0 Å². The van der Waals surface area contributed by atoms with Crippen molar-refractivity contribution in [1.82, 2.24) is 15.3 Å². The lowest BCUT2D eigenvalue weighted by Gasteiger charge is -2.24. The normalized spacial score (nSPS) is 17.5. The van der Waals surface area contributed by atoms with Gasteiger partial charge in [0.1, 0.15) is 5.75 Å². The first-order valence-corrected chi connectivity index (χ1v) is 7.61. The van der Waals surface area contributed by atoms with Crippen LogP contribution in [-0.2, 0) is 6.42 Å². The molecule has 0 aliphatic carbocycles. The number of fused-ring (bicyclic) bond motifs is 3. The summed E-state index contributed by atoms with van der Waals surface area (Å²) in [4.78, 5) is 8.27. The van der Waals surface area contributed by atoms with Crippen molar-refractivity contribution in [3.05, 3.63) is 59.0 Å². The number of aryl methyl sites for hydroxylation is 1. The molecule has 4 rings (SSSR count). The number of hydrogen-bond donors (Lipinski definition) is 2. The Morgan fingerprint density at radius 3 is 2.95 bits per heavy atom. The largest absolute Gasteiger partial charge is 0.497 e. The maximum atomic E-state index is 5.37. The van der Waals surface area contributed by atoms with E-state index in [2.05, 4.69) is 34.6 Å². The molecule has 1 aliphatic heterocycles. The van der Waals surface area contributed by atoms with Gasteiger partial charge in [0.15, 0.2) is 0 Å². The number of H-pyrrole nitrogens is 1. The van der Waals surface area contributed by atoms with Crippen LogP contribution in [0.2, 0.25) is 0 Å². The van der Waals surface area contributed by atoms with Crippen LogP contribution >= 0.6 is 0 Å². The molecule has 4 nitrogen and oxygen atoms in total. The number of nitrogens with zero attached hydrogens (tertiary/aromatic N) is 1. The summed E-state index contributed by atoms with van der Waals surface area (Å²) in [6, 6.07) is 12.5. The molecule has 1 atom stereocenters. The molecule has 1 aromatic carbocycles. The zero-order valence-electron chi connectivity index (χ0n) is 12.8. The summed E-state index contributed by atoms with van der Waals surface area (Å²) in [7, 11) is 1.71. The van der Waals surface area contributed by atoms with Crippen LogP contribution in [-0.4, -0.2) is 23.6 Å². The third-order valence-corrected chi connectivity index (χ3v) is 4.36. The number of rotatable bonds is 2. The smallest absolute Gasteiger partial charge is 0.119 e. The quantitative estimate of drug-likeness (QED) is 0.763. The summed E-state index contributed by atoms with van der Waals surface area (Å²) in [5, 5.41) is 4.84. The number of aromatic amines is 1. The lowest BCUT2D eigenvalue weighted by molar-refractivity contribution is 0.415. The zero-order valence-corrected chi connectivity index (χ0v) is 12.8. The van der Waals surface area contributed by atoms with Crippen LogP contribution in [0, 0.1) is 6.92 Å². The van der Waals surface area contributed by atoms with E-state index < -0.39 is 0 Å². The van der Waals surface area contributed by atoms with Gasteiger partial charge in [0, 0.05) is 28.8 Å². The fourth-order valence-electron chi connectivity index (χ4n) is 3.31.